The maximum absolute atomic E-state index is 4.65. The third kappa shape index (κ3) is 3.45. The van der Waals surface area contributed by atoms with Crippen LogP contribution in [0, 0.1) is 6.92 Å². The number of hydrogen-bond acceptors (Lipinski definition) is 6. The first-order valence-electron chi connectivity index (χ1n) is 6.68. The van der Waals surface area contributed by atoms with Gasteiger partial charge < -0.3 is 5.32 Å². The normalized spacial score (nSPS) is 10.8. The van der Waals surface area contributed by atoms with Gasteiger partial charge in [0.1, 0.15) is 21.7 Å². The lowest BCUT2D eigenvalue weighted by Crippen LogP contribution is -2.08. The smallest absolute Gasteiger partial charge is 0.134 e. The maximum Gasteiger partial charge on any atom is 0.134 e. The Morgan fingerprint density at radius 1 is 1.25 bits per heavy atom. The Labute approximate surface area is 123 Å². The molecule has 1 N–H and O–H groups in total. The quantitative estimate of drug-likeness (QED) is 0.852. The minimum atomic E-state index is 0.286. The Bertz CT molecular complexity index is 571. The van der Waals surface area contributed by atoms with Gasteiger partial charge in [-0.25, -0.2) is 15.0 Å². The molecule has 6 heteroatoms. The summed E-state index contributed by atoms with van der Waals surface area (Å²) in [5.41, 5.74) is 1.05. The van der Waals surface area contributed by atoms with Crippen LogP contribution < -0.4 is 5.32 Å². The fourth-order valence-electron chi connectivity index (χ4n) is 1.65. The Kier molecular flexibility index (Phi) is 4.89. The van der Waals surface area contributed by atoms with Crippen LogP contribution in [0.2, 0.25) is 0 Å². The molecular weight excluding hydrogens is 270 g/mol. The fraction of sp³-hybridized carbons (Fsp3) is 0.429. The van der Waals surface area contributed by atoms with E-state index in [4.69, 9.17) is 0 Å². The summed E-state index contributed by atoms with van der Waals surface area (Å²) in [5.74, 6) is 2.03. The van der Waals surface area contributed by atoms with E-state index in [9.17, 15) is 0 Å². The summed E-state index contributed by atoms with van der Waals surface area (Å²) >= 11 is 1.52. The summed E-state index contributed by atoms with van der Waals surface area (Å²) in [6, 6.07) is 0. The number of nitrogens with one attached hydrogen (secondary N) is 1. The standard InChI is InChI=1S/C14H19N5S/c1-5-16-13-10(4)14(19-12(18-13)9(2)3)20-11-8-15-6-7-17-11/h6-9H,5H2,1-4H3,(H,16,18,19). The molecule has 0 saturated carbocycles. The molecule has 0 aromatic carbocycles. The van der Waals surface area contributed by atoms with Gasteiger partial charge in [0.05, 0.1) is 6.20 Å². The van der Waals surface area contributed by atoms with E-state index in [0.29, 0.717) is 0 Å². The lowest BCUT2D eigenvalue weighted by molar-refractivity contribution is 0.748. The van der Waals surface area contributed by atoms with Gasteiger partial charge >= 0.3 is 0 Å². The molecule has 5 nitrogen and oxygen atoms in total. The van der Waals surface area contributed by atoms with Gasteiger partial charge in [0.2, 0.25) is 0 Å². The molecule has 2 aromatic heterocycles. The van der Waals surface area contributed by atoms with Crippen LogP contribution in [0.4, 0.5) is 5.82 Å². The minimum Gasteiger partial charge on any atom is -0.370 e. The average Bonchev–Trinajstić information content (AvgIpc) is 2.44. The molecule has 0 fully saturated rings. The molecule has 0 saturated heterocycles. The van der Waals surface area contributed by atoms with E-state index in [1.54, 1.807) is 18.6 Å². The zero-order chi connectivity index (χ0) is 14.5. The molecular formula is C14H19N5S. The predicted octanol–water partition coefficient (Wildman–Crippen LogP) is 3.28. The molecule has 0 unspecified atom stereocenters. The molecule has 0 aliphatic heterocycles. The molecule has 0 spiro atoms. The van der Waals surface area contributed by atoms with Crippen molar-refractivity contribution in [1.82, 2.24) is 19.9 Å². The Hall–Kier alpha value is -1.69. The van der Waals surface area contributed by atoms with Crippen LogP contribution in [-0.2, 0) is 0 Å². The van der Waals surface area contributed by atoms with Crippen molar-refractivity contribution in [3.05, 3.63) is 30.0 Å². The first kappa shape index (κ1) is 14.7. The average molecular weight is 289 g/mol. The zero-order valence-corrected chi connectivity index (χ0v) is 13.0. The molecule has 106 valence electrons. The van der Waals surface area contributed by atoms with Crippen molar-refractivity contribution in [2.24, 2.45) is 0 Å². The summed E-state index contributed by atoms with van der Waals surface area (Å²) in [6.07, 6.45) is 5.10. The second-order valence-corrected chi connectivity index (χ2v) is 5.70. The second kappa shape index (κ2) is 6.65. The Morgan fingerprint density at radius 2 is 2.05 bits per heavy atom. The van der Waals surface area contributed by atoms with Crippen LogP contribution in [0.15, 0.2) is 28.6 Å². The fourth-order valence-corrected chi connectivity index (χ4v) is 2.46. The highest BCUT2D eigenvalue weighted by atomic mass is 32.2. The van der Waals surface area contributed by atoms with E-state index in [2.05, 4.69) is 46.0 Å². The number of anilines is 1. The number of hydrogen-bond donors (Lipinski definition) is 1. The van der Waals surface area contributed by atoms with E-state index in [1.807, 2.05) is 6.92 Å². The van der Waals surface area contributed by atoms with Crippen molar-refractivity contribution in [2.45, 2.75) is 43.7 Å². The van der Waals surface area contributed by atoms with Gasteiger partial charge in [-0.1, -0.05) is 13.8 Å². The molecule has 0 aliphatic rings. The van der Waals surface area contributed by atoms with Gasteiger partial charge in [-0.3, -0.25) is 4.98 Å². The van der Waals surface area contributed by atoms with E-state index in [0.717, 1.165) is 33.8 Å². The van der Waals surface area contributed by atoms with Gasteiger partial charge in [0, 0.05) is 30.4 Å². The first-order valence-corrected chi connectivity index (χ1v) is 7.49. The molecule has 0 atom stereocenters. The van der Waals surface area contributed by atoms with E-state index < -0.39 is 0 Å². The summed E-state index contributed by atoms with van der Waals surface area (Å²) in [6.45, 7) is 9.12. The van der Waals surface area contributed by atoms with Crippen LogP contribution in [0.5, 0.6) is 0 Å². The first-order chi connectivity index (χ1) is 9.61. The highest BCUT2D eigenvalue weighted by Gasteiger charge is 2.14. The van der Waals surface area contributed by atoms with Gasteiger partial charge in [-0.15, -0.1) is 0 Å². The van der Waals surface area contributed by atoms with Crippen molar-refractivity contribution in [1.29, 1.82) is 0 Å². The predicted molar refractivity (Wildman–Crippen MR) is 81.2 cm³/mol. The summed E-state index contributed by atoms with van der Waals surface area (Å²) in [4.78, 5) is 17.6. The topological polar surface area (TPSA) is 63.6 Å². The number of aromatic nitrogens is 4. The summed E-state index contributed by atoms with van der Waals surface area (Å²) < 4.78 is 0. The largest absolute Gasteiger partial charge is 0.370 e. The van der Waals surface area contributed by atoms with Gasteiger partial charge in [0.15, 0.2) is 0 Å². The molecule has 2 rings (SSSR count). The third-order valence-electron chi connectivity index (χ3n) is 2.72. The van der Waals surface area contributed by atoms with Crippen molar-refractivity contribution < 1.29 is 0 Å². The molecule has 20 heavy (non-hydrogen) atoms. The number of rotatable bonds is 5. The Morgan fingerprint density at radius 3 is 2.65 bits per heavy atom. The van der Waals surface area contributed by atoms with Crippen molar-refractivity contribution in [2.75, 3.05) is 11.9 Å². The lowest BCUT2D eigenvalue weighted by atomic mass is 10.2. The van der Waals surface area contributed by atoms with E-state index in [-0.39, 0.29) is 5.92 Å². The molecule has 0 bridgehead atoms. The number of nitrogens with zero attached hydrogens (tertiary/aromatic N) is 4. The van der Waals surface area contributed by atoms with Crippen LogP contribution in [0.25, 0.3) is 0 Å². The van der Waals surface area contributed by atoms with Crippen LogP contribution in [-0.4, -0.2) is 26.5 Å². The second-order valence-electron chi connectivity index (χ2n) is 4.69. The maximum atomic E-state index is 4.65. The summed E-state index contributed by atoms with van der Waals surface area (Å²) in [7, 11) is 0. The highest BCUT2D eigenvalue weighted by molar-refractivity contribution is 7.99. The van der Waals surface area contributed by atoms with Crippen LogP contribution >= 0.6 is 11.8 Å². The lowest BCUT2D eigenvalue weighted by Gasteiger charge is -2.14. The van der Waals surface area contributed by atoms with Gasteiger partial charge in [0.25, 0.3) is 0 Å². The van der Waals surface area contributed by atoms with Crippen molar-refractivity contribution in [3.8, 4) is 0 Å². The SMILES string of the molecule is CCNc1nc(C(C)C)nc(Sc2cnccn2)c1C. The van der Waals surface area contributed by atoms with Crippen LogP contribution in [0.3, 0.4) is 0 Å². The molecule has 0 amide bonds. The highest BCUT2D eigenvalue weighted by Crippen LogP contribution is 2.30. The van der Waals surface area contributed by atoms with Gasteiger partial charge in [-0.2, -0.15) is 0 Å². The van der Waals surface area contributed by atoms with Gasteiger partial charge in [-0.05, 0) is 25.6 Å². The van der Waals surface area contributed by atoms with Crippen molar-refractivity contribution >= 4 is 17.6 Å². The van der Waals surface area contributed by atoms with E-state index >= 15 is 0 Å². The van der Waals surface area contributed by atoms with Crippen molar-refractivity contribution in [3.63, 3.8) is 0 Å². The Balaban J connectivity index is 2.40. The third-order valence-corrected chi connectivity index (χ3v) is 3.73. The zero-order valence-electron chi connectivity index (χ0n) is 12.2. The van der Waals surface area contributed by atoms with E-state index in [1.165, 1.54) is 11.8 Å². The minimum absolute atomic E-state index is 0.286. The molecule has 0 radical (unpaired) electrons. The molecule has 2 heterocycles. The molecule has 2 aromatic rings. The molecule has 0 aliphatic carbocycles. The monoisotopic (exact) mass is 289 g/mol. The van der Waals surface area contributed by atoms with Crippen LogP contribution in [0.1, 0.15) is 38.1 Å². The summed E-state index contributed by atoms with van der Waals surface area (Å²) in [5, 5.41) is 5.07.